The molecular formula is C10H23NOS. The van der Waals surface area contributed by atoms with Gasteiger partial charge in [-0.1, -0.05) is 20.8 Å². The first kappa shape index (κ1) is 13.3. The van der Waals surface area contributed by atoms with Crippen molar-refractivity contribution < 1.29 is 4.74 Å². The van der Waals surface area contributed by atoms with E-state index in [-0.39, 0.29) is 4.93 Å². The van der Waals surface area contributed by atoms with Gasteiger partial charge in [-0.05, 0) is 26.3 Å². The molecule has 0 aromatic heterocycles. The Kier molecular flexibility index (Phi) is 4.77. The van der Waals surface area contributed by atoms with Gasteiger partial charge in [-0.25, -0.2) is 0 Å². The molecule has 0 saturated carbocycles. The average Bonchev–Trinajstić information content (AvgIpc) is 1.78. The van der Waals surface area contributed by atoms with Gasteiger partial charge >= 0.3 is 0 Å². The van der Waals surface area contributed by atoms with Crippen LogP contribution < -0.4 is 0 Å². The van der Waals surface area contributed by atoms with Gasteiger partial charge in [0.1, 0.15) is 11.7 Å². The van der Waals surface area contributed by atoms with Crippen LogP contribution in [0, 0.1) is 5.41 Å². The van der Waals surface area contributed by atoms with E-state index in [9.17, 15) is 0 Å². The summed E-state index contributed by atoms with van der Waals surface area (Å²) in [6.07, 6.45) is 0. The Labute approximate surface area is 88.1 Å². The van der Waals surface area contributed by atoms with Crippen molar-refractivity contribution in [3.8, 4) is 0 Å². The Morgan fingerprint density at radius 1 is 1.15 bits per heavy atom. The van der Waals surface area contributed by atoms with Gasteiger partial charge in [0.2, 0.25) is 0 Å². The maximum atomic E-state index is 5.53. The summed E-state index contributed by atoms with van der Waals surface area (Å²) in [5.74, 6) is 0. The SMILES string of the molecule is CN(COC(C)(C)S)CC(C)(C)C. The van der Waals surface area contributed by atoms with Gasteiger partial charge in [0, 0.05) is 6.54 Å². The van der Waals surface area contributed by atoms with Crippen LogP contribution in [0.15, 0.2) is 0 Å². The normalized spacial score (nSPS) is 13.8. The highest BCUT2D eigenvalue weighted by molar-refractivity contribution is 7.81. The molecule has 0 aliphatic heterocycles. The van der Waals surface area contributed by atoms with Crippen molar-refractivity contribution >= 4 is 12.6 Å². The third-order valence-corrected chi connectivity index (χ3v) is 1.51. The Bertz CT molecular complexity index is 146. The van der Waals surface area contributed by atoms with Gasteiger partial charge in [-0.2, -0.15) is 0 Å². The molecule has 0 bridgehead atoms. The summed E-state index contributed by atoms with van der Waals surface area (Å²) in [5, 5.41) is 0. The molecular weight excluding hydrogens is 182 g/mol. The maximum absolute atomic E-state index is 5.53. The zero-order valence-corrected chi connectivity index (χ0v) is 10.6. The minimum absolute atomic E-state index is 0.318. The lowest BCUT2D eigenvalue weighted by atomic mass is 9.96. The summed E-state index contributed by atoms with van der Waals surface area (Å²) in [6, 6.07) is 0. The monoisotopic (exact) mass is 205 g/mol. The Balaban J connectivity index is 3.70. The van der Waals surface area contributed by atoms with Gasteiger partial charge in [-0.15, -0.1) is 12.6 Å². The number of ether oxygens (including phenoxy) is 1. The van der Waals surface area contributed by atoms with Crippen LogP contribution in [0.5, 0.6) is 0 Å². The van der Waals surface area contributed by atoms with E-state index >= 15 is 0 Å². The summed E-state index contributed by atoms with van der Waals surface area (Å²) in [7, 11) is 2.06. The van der Waals surface area contributed by atoms with Crippen LogP contribution in [-0.4, -0.2) is 30.2 Å². The highest BCUT2D eigenvalue weighted by Gasteiger charge is 2.16. The molecule has 0 atom stereocenters. The molecule has 80 valence electrons. The number of thiol groups is 1. The Morgan fingerprint density at radius 2 is 1.62 bits per heavy atom. The third kappa shape index (κ3) is 10.2. The predicted molar refractivity (Wildman–Crippen MR) is 61.1 cm³/mol. The van der Waals surface area contributed by atoms with Crippen molar-refractivity contribution in [1.29, 1.82) is 0 Å². The zero-order chi connectivity index (χ0) is 10.7. The van der Waals surface area contributed by atoms with E-state index in [1.807, 2.05) is 13.8 Å². The van der Waals surface area contributed by atoms with Crippen LogP contribution in [0.4, 0.5) is 0 Å². The fourth-order valence-corrected chi connectivity index (χ4v) is 1.18. The van der Waals surface area contributed by atoms with E-state index in [1.165, 1.54) is 0 Å². The standard InChI is InChI=1S/C10H23NOS/c1-9(2,3)7-11(6)8-12-10(4,5)13/h13H,7-8H2,1-6H3. The van der Waals surface area contributed by atoms with Crippen molar-refractivity contribution in [3.05, 3.63) is 0 Å². The minimum atomic E-state index is -0.341. The molecule has 0 radical (unpaired) electrons. The van der Waals surface area contributed by atoms with E-state index in [0.717, 1.165) is 6.54 Å². The van der Waals surface area contributed by atoms with Gasteiger partial charge in [0.25, 0.3) is 0 Å². The lowest BCUT2D eigenvalue weighted by Crippen LogP contribution is -2.34. The van der Waals surface area contributed by atoms with E-state index in [1.54, 1.807) is 0 Å². The average molecular weight is 205 g/mol. The highest BCUT2D eigenvalue weighted by Crippen LogP contribution is 2.17. The maximum Gasteiger partial charge on any atom is 0.107 e. The Hall–Kier alpha value is 0.270. The molecule has 0 heterocycles. The lowest BCUT2D eigenvalue weighted by Gasteiger charge is -2.29. The van der Waals surface area contributed by atoms with Crippen LogP contribution in [0.2, 0.25) is 0 Å². The molecule has 13 heavy (non-hydrogen) atoms. The Morgan fingerprint density at radius 3 is 1.92 bits per heavy atom. The lowest BCUT2D eigenvalue weighted by molar-refractivity contribution is -0.0228. The van der Waals surface area contributed by atoms with Crippen LogP contribution in [0.25, 0.3) is 0 Å². The van der Waals surface area contributed by atoms with Crippen molar-refractivity contribution in [3.63, 3.8) is 0 Å². The fourth-order valence-electron chi connectivity index (χ4n) is 1.12. The predicted octanol–water partition coefficient (Wildman–Crippen LogP) is 2.60. The van der Waals surface area contributed by atoms with Gasteiger partial charge in [0.15, 0.2) is 0 Å². The highest BCUT2D eigenvalue weighted by atomic mass is 32.1. The minimum Gasteiger partial charge on any atom is -0.350 e. The summed E-state index contributed by atoms with van der Waals surface area (Å²) in [4.78, 5) is 1.82. The molecule has 0 fully saturated rings. The second kappa shape index (κ2) is 4.67. The first-order valence-electron chi connectivity index (χ1n) is 4.65. The number of rotatable bonds is 4. The summed E-state index contributed by atoms with van der Waals surface area (Å²) in [5.41, 5.74) is 0.318. The molecule has 0 amide bonds. The van der Waals surface area contributed by atoms with Crippen LogP contribution in [0.3, 0.4) is 0 Å². The van der Waals surface area contributed by atoms with E-state index in [4.69, 9.17) is 4.74 Å². The van der Waals surface area contributed by atoms with Crippen LogP contribution >= 0.6 is 12.6 Å². The molecule has 0 unspecified atom stereocenters. The molecule has 0 saturated heterocycles. The van der Waals surface area contributed by atoms with Crippen molar-refractivity contribution in [2.45, 2.75) is 39.6 Å². The molecule has 0 spiro atoms. The molecule has 0 aliphatic rings. The van der Waals surface area contributed by atoms with E-state index < -0.39 is 0 Å². The van der Waals surface area contributed by atoms with Crippen molar-refractivity contribution in [1.82, 2.24) is 4.90 Å². The zero-order valence-electron chi connectivity index (χ0n) is 9.72. The van der Waals surface area contributed by atoms with Crippen LogP contribution in [0.1, 0.15) is 34.6 Å². The first-order chi connectivity index (χ1) is 5.60. The smallest absolute Gasteiger partial charge is 0.107 e. The van der Waals surface area contributed by atoms with E-state index in [2.05, 4.69) is 45.3 Å². The van der Waals surface area contributed by atoms with Gasteiger partial charge in [0.05, 0.1) is 0 Å². The quantitative estimate of drug-likeness (QED) is 0.559. The van der Waals surface area contributed by atoms with Gasteiger partial charge < -0.3 is 4.74 Å². The third-order valence-electron chi connectivity index (χ3n) is 1.38. The summed E-state index contributed by atoms with van der Waals surface area (Å²) < 4.78 is 5.53. The summed E-state index contributed by atoms with van der Waals surface area (Å²) >= 11 is 4.29. The molecule has 0 aliphatic carbocycles. The summed E-state index contributed by atoms with van der Waals surface area (Å²) in [6.45, 7) is 12.2. The number of hydrogen-bond acceptors (Lipinski definition) is 3. The van der Waals surface area contributed by atoms with E-state index in [0.29, 0.717) is 12.1 Å². The topological polar surface area (TPSA) is 12.5 Å². The van der Waals surface area contributed by atoms with Crippen LogP contribution in [-0.2, 0) is 4.74 Å². The second-order valence-electron chi connectivity index (χ2n) is 5.30. The molecule has 0 aromatic carbocycles. The fraction of sp³-hybridized carbons (Fsp3) is 1.00. The number of nitrogens with zero attached hydrogens (tertiary/aromatic N) is 1. The molecule has 0 aromatic rings. The molecule has 2 nitrogen and oxygen atoms in total. The van der Waals surface area contributed by atoms with Crippen molar-refractivity contribution in [2.75, 3.05) is 20.3 Å². The first-order valence-corrected chi connectivity index (χ1v) is 5.10. The molecule has 0 N–H and O–H groups in total. The second-order valence-corrected chi connectivity index (χ2v) is 6.37. The molecule has 3 heteroatoms. The molecule has 0 rings (SSSR count). The largest absolute Gasteiger partial charge is 0.350 e. The van der Waals surface area contributed by atoms with Gasteiger partial charge in [-0.3, -0.25) is 4.90 Å². The van der Waals surface area contributed by atoms with Crippen molar-refractivity contribution in [2.24, 2.45) is 5.41 Å². The number of hydrogen-bond donors (Lipinski definition) is 1.